The van der Waals surface area contributed by atoms with Gasteiger partial charge in [-0.3, -0.25) is 9.48 Å². The highest BCUT2D eigenvalue weighted by molar-refractivity contribution is 5.97. The topological polar surface area (TPSA) is 106 Å². The van der Waals surface area contributed by atoms with Crippen LogP contribution in [0.15, 0.2) is 18.2 Å². The van der Waals surface area contributed by atoms with Crippen molar-refractivity contribution in [2.45, 2.75) is 45.6 Å². The van der Waals surface area contributed by atoms with Gasteiger partial charge in [0.1, 0.15) is 11.9 Å². The minimum absolute atomic E-state index is 0.0336. The molecule has 0 aliphatic carbocycles. The van der Waals surface area contributed by atoms with Crippen LogP contribution in [0.25, 0.3) is 0 Å². The lowest BCUT2D eigenvalue weighted by molar-refractivity contribution is 0.0152. The molecule has 3 heterocycles. The number of nitriles is 1. The number of esters is 1. The zero-order valence-corrected chi connectivity index (χ0v) is 18.7. The SMILES string of the molecule is CCc1nn(CCCOC(=O)c2ccc(C#N)c(F)c2)c2c1C(=O)NCC1(CCOCC1)C2. The molecule has 0 radical (unpaired) electrons. The molecule has 9 heteroatoms. The third-order valence-electron chi connectivity index (χ3n) is 6.48. The molecule has 2 aliphatic heterocycles. The summed E-state index contributed by atoms with van der Waals surface area (Å²) >= 11 is 0. The smallest absolute Gasteiger partial charge is 0.338 e. The second-order valence-corrected chi connectivity index (χ2v) is 8.61. The van der Waals surface area contributed by atoms with Crippen molar-refractivity contribution in [1.82, 2.24) is 15.1 Å². The van der Waals surface area contributed by atoms with Gasteiger partial charge in [0.25, 0.3) is 5.91 Å². The number of aryl methyl sites for hydroxylation is 2. The number of ether oxygens (including phenoxy) is 2. The minimum atomic E-state index is -0.751. The van der Waals surface area contributed by atoms with Gasteiger partial charge in [-0.15, -0.1) is 0 Å². The van der Waals surface area contributed by atoms with Crippen LogP contribution in [0.1, 0.15) is 63.9 Å². The van der Waals surface area contributed by atoms with E-state index in [0.29, 0.717) is 44.7 Å². The summed E-state index contributed by atoms with van der Waals surface area (Å²) in [6, 6.07) is 5.36. The first kappa shape index (κ1) is 22.9. The molecule has 1 spiro atoms. The van der Waals surface area contributed by atoms with E-state index in [1.54, 1.807) is 6.07 Å². The van der Waals surface area contributed by atoms with E-state index in [4.69, 9.17) is 14.7 Å². The van der Waals surface area contributed by atoms with E-state index >= 15 is 0 Å². The summed E-state index contributed by atoms with van der Waals surface area (Å²) in [6.45, 7) is 4.61. The summed E-state index contributed by atoms with van der Waals surface area (Å²) in [7, 11) is 0. The first-order chi connectivity index (χ1) is 16.0. The lowest BCUT2D eigenvalue weighted by Gasteiger charge is -2.36. The summed E-state index contributed by atoms with van der Waals surface area (Å²) in [6.07, 6.45) is 3.68. The quantitative estimate of drug-likeness (QED) is 0.531. The van der Waals surface area contributed by atoms with Crippen LogP contribution in [-0.4, -0.2) is 48.0 Å². The molecule has 1 fully saturated rings. The zero-order valence-electron chi connectivity index (χ0n) is 18.7. The highest BCUT2D eigenvalue weighted by atomic mass is 19.1. The first-order valence-electron chi connectivity index (χ1n) is 11.3. The van der Waals surface area contributed by atoms with Crippen LogP contribution >= 0.6 is 0 Å². The highest BCUT2D eigenvalue weighted by Crippen LogP contribution is 2.37. The van der Waals surface area contributed by atoms with E-state index in [-0.39, 0.29) is 29.1 Å². The fourth-order valence-electron chi connectivity index (χ4n) is 4.55. The third-order valence-corrected chi connectivity index (χ3v) is 6.48. The van der Waals surface area contributed by atoms with E-state index in [0.717, 1.165) is 36.7 Å². The van der Waals surface area contributed by atoms with Crippen molar-refractivity contribution < 1.29 is 23.5 Å². The molecule has 1 N–H and O–H groups in total. The number of hydrogen-bond acceptors (Lipinski definition) is 6. The molecule has 0 atom stereocenters. The molecule has 33 heavy (non-hydrogen) atoms. The van der Waals surface area contributed by atoms with Crippen molar-refractivity contribution in [2.24, 2.45) is 5.41 Å². The first-order valence-corrected chi connectivity index (χ1v) is 11.3. The van der Waals surface area contributed by atoms with Gasteiger partial charge in [0.2, 0.25) is 0 Å². The molecule has 1 aromatic carbocycles. The lowest BCUT2D eigenvalue weighted by Crippen LogP contribution is -2.40. The van der Waals surface area contributed by atoms with Crippen LogP contribution < -0.4 is 5.32 Å². The van der Waals surface area contributed by atoms with Gasteiger partial charge in [0.15, 0.2) is 0 Å². The zero-order chi connectivity index (χ0) is 23.4. The van der Waals surface area contributed by atoms with Crippen LogP contribution in [0.4, 0.5) is 4.39 Å². The monoisotopic (exact) mass is 454 g/mol. The number of amides is 1. The van der Waals surface area contributed by atoms with Crippen molar-refractivity contribution in [3.05, 3.63) is 52.1 Å². The molecule has 8 nitrogen and oxygen atoms in total. The van der Waals surface area contributed by atoms with Gasteiger partial charge in [-0.1, -0.05) is 6.92 Å². The van der Waals surface area contributed by atoms with E-state index in [2.05, 4.69) is 10.4 Å². The third kappa shape index (κ3) is 4.76. The molecule has 0 saturated carbocycles. The average Bonchev–Trinajstić information content (AvgIpc) is 3.10. The predicted molar refractivity (Wildman–Crippen MR) is 116 cm³/mol. The molecular weight excluding hydrogens is 427 g/mol. The van der Waals surface area contributed by atoms with Crippen LogP contribution in [0.2, 0.25) is 0 Å². The van der Waals surface area contributed by atoms with Gasteiger partial charge in [-0.25, -0.2) is 9.18 Å². The molecule has 0 unspecified atom stereocenters. The Morgan fingerprint density at radius 3 is 2.88 bits per heavy atom. The molecule has 1 amide bonds. The lowest BCUT2D eigenvalue weighted by atomic mass is 9.76. The number of halogens is 1. The van der Waals surface area contributed by atoms with Crippen molar-refractivity contribution in [1.29, 1.82) is 5.26 Å². The Morgan fingerprint density at radius 2 is 2.18 bits per heavy atom. The van der Waals surface area contributed by atoms with Gasteiger partial charge in [-0.05, 0) is 49.3 Å². The summed E-state index contributed by atoms with van der Waals surface area (Å²) in [5.41, 5.74) is 2.29. The molecule has 4 rings (SSSR count). The minimum Gasteiger partial charge on any atom is -0.462 e. The van der Waals surface area contributed by atoms with E-state index in [9.17, 15) is 14.0 Å². The molecular formula is C24H27FN4O4. The Morgan fingerprint density at radius 1 is 1.39 bits per heavy atom. The maximum absolute atomic E-state index is 13.8. The number of hydrogen-bond donors (Lipinski definition) is 1. The maximum atomic E-state index is 13.8. The van der Waals surface area contributed by atoms with Gasteiger partial charge >= 0.3 is 5.97 Å². The Hall–Kier alpha value is -3.25. The van der Waals surface area contributed by atoms with Crippen LogP contribution in [0.3, 0.4) is 0 Å². The molecule has 2 aliphatic rings. The number of rotatable bonds is 6. The number of aromatic nitrogens is 2. The van der Waals surface area contributed by atoms with Crippen molar-refractivity contribution in [2.75, 3.05) is 26.4 Å². The highest BCUT2D eigenvalue weighted by Gasteiger charge is 2.39. The Bertz CT molecular complexity index is 1100. The second kappa shape index (κ2) is 9.71. The molecule has 2 aromatic rings. The standard InChI is InChI=1S/C24H27FN4O4/c1-2-19-21-20(13-24(15-27-22(21)30)6-10-32-11-7-24)29(28-19)8-3-9-33-23(31)16-4-5-17(14-26)18(25)12-16/h4-5,12H,2-3,6-11,13,15H2,1H3,(H,27,30). The summed E-state index contributed by atoms with van der Waals surface area (Å²) in [4.78, 5) is 25.1. The van der Waals surface area contributed by atoms with E-state index in [1.165, 1.54) is 12.1 Å². The summed E-state index contributed by atoms with van der Waals surface area (Å²) in [5, 5.41) is 16.6. The van der Waals surface area contributed by atoms with Crippen LogP contribution in [0.5, 0.6) is 0 Å². The van der Waals surface area contributed by atoms with Crippen molar-refractivity contribution in [3.63, 3.8) is 0 Å². The van der Waals surface area contributed by atoms with E-state index < -0.39 is 11.8 Å². The number of fused-ring (bicyclic) bond motifs is 1. The number of carbonyl (C=O) groups is 2. The maximum Gasteiger partial charge on any atom is 0.338 e. The summed E-state index contributed by atoms with van der Waals surface area (Å²) < 4.78 is 26.5. The molecule has 1 aromatic heterocycles. The largest absolute Gasteiger partial charge is 0.462 e. The number of benzene rings is 1. The van der Waals surface area contributed by atoms with Gasteiger partial charge in [-0.2, -0.15) is 10.4 Å². The van der Waals surface area contributed by atoms with Crippen molar-refractivity contribution in [3.8, 4) is 6.07 Å². The van der Waals surface area contributed by atoms with Crippen LogP contribution in [-0.2, 0) is 28.9 Å². The molecule has 0 bridgehead atoms. The number of nitrogens with one attached hydrogen (secondary N) is 1. The fraction of sp³-hybridized carbons (Fsp3) is 0.500. The fourth-order valence-corrected chi connectivity index (χ4v) is 4.55. The number of nitrogens with zero attached hydrogens (tertiary/aromatic N) is 3. The second-order valence-electron chi connectivity index (χ2n) is 8.61. The number of carbonyl (C=O) groups excluding carboxylic acids is 2. The molecule has 174 valence electrons. The van der Waals surface area contributed by atoms with E-state index in [1.807, 2.05) is 11.6 Å². The van der Waals surface area contributed by atoms with Gasteiger partial charge in [0, 0.05) is 32.7 Å². The molecule has 1 saturated heterocycles. The predicted octanol–water partition coefficient (Wildman–Crippen LogP) is 2.79. The van der Waals surface area contributed by atoms with Crippen molar-refractivity contribution >= 4 is 11.9 Å². The Balaban J connectivity index is 1.44. The average molecular weight is 455 g/mol. The Kier molecular flexibility index (Phi) is 6.75. The van der Waals surface area contributed by atoms with Gasteiger partial charge < -0.3 is 14.8 Å². The Labute approximate surface area is 191 Å². The van der Waals surface area contributed by atoms with Crippen LogP contribution in [0, 0.1) is 22.6 Å². The van der Waals surface area contributed by atoms with Gasteiger partial charge in [0.05, 0.1) is 34.7 Å². The summed E-state index contributed by atoms with van der Waals surface area (Å²) in [5.74, 6) is -1.48. The normalized spacial score (nSPS) is 17.1.